The summed E-state index contributed by atoms with van der Waals surface area (Å²) in [4.78, 5) is 8.60. The van der Waals surface area contributed by atoms with Crippen molar-refractivity contribution in [2.24, 2.45) is 10.9 Å². The van der Waals surface area contributed by atoms with Crippen molar-refractivity contribution in [3.63, 3.8) is 0 Å². The lowest BCUT2D eigenvalue weighted by atomic mass is 10.1. The van der Waals surface area contributed by atoms with Gasteiger partial charge in [-0.1, -0.05) is 5.16 Å². The summed E-state index contributed by atoms with van der Waals surface area (Å²) in [6, 6.07) is 7.77. The Morgan fingerprint density at radius 3 is 2.76 bits per heavy atom. The van der Waals surface area contributed by atoms with Crippen molar-refractivity contribution in [3.8, 4) is 5.69 Å². The summed E-state index contributed by atoms with van der Waals surface area (Å²) in [6.07, 6.45) is 3.32. The Kier molecular flexibility index (Phi) is 3.06. The topological polar surface area (TPSA) is 89.3 Å². The van der Waals surface area contributed by atoms with E-state index >= 15 is 0 Å². The highest BCUT2D eigenvalue weighted by atomic mass is 16.4. The minimum atomic E-state index is -0.0312. The molecular formula is C15H15N5O. The molecule has 21 heavy (non-hydrogen) atoms. The highest BCUT2D eigenvalue weighted by Gasteiger charge is 2.13. The molecular weight excluding hydrogens is 266 g/mol. The molecule has 0 saturated carbocycles. The molecule has 0 aliphatic heterocycles. The molecule has 2 heterocycles. The van der Waals surface area contributed by atoms with Crippen LogP contribution in [-0.4, -0.2) is 25.6 Å². The summed E-state index contributed by atoms with van der Waals surface area (Å²) in [5.74, 6) is -0.0312. The second-order valence-electron chi connectivity index (χ2n) is 4.90. The number of rotatable bonds is 2. The van der Waals surface area contributed by atoms with Gasteiger partial charge in [0.15, 0.2) is 5.84 Å². The van der Waals surface area contributed by atoms with Crippen LogP contribution in [0.25, 0.3) is 16.7 Å². The lowest BCUT2D eigenvalue weighted by molar-refractivity contribution is 0.318. The average molecular weight is 281 g/mol. The highest BCUT2D eigenvalue weighted by molar-refractivity contribution is 5.99. The van der Waals surface area contributed by atoms with Crippen molar-refractivity contribution in [3.05, 3.63) is 53.6 Å². The third-order valence-electron chi connectivity index (χ3n) is 3.56. The van der Waals surface area contributed by atoms with E-state index in [-0.39, 0.29) is 5.84 Å². The first-order valence-corrected chi connectivity index (χ1v) is 6.49. The van der Waals surface area contributed by atoms with Crippen molar-refractivity contribution < 1.29 is 5.21 Å². The summed E-state index contributed by atoms with van der Waals surface area (Å²) < 4.78 is 1.89. The second kappa shape index (κ2) is 4.90. The van der Waals surface area contributed by atoms with Gasteiger partial charge in [0, 0.05) is 6.20 Å². The van der Waals surface area contributed by atoms with Gasteiger partial charge in [-0.15, -0.1) is 0 Å². The number of aromatic nitrogens is 3. The second-order valence-corrected chi connectivity index (χ2v) is 4.90. The lowest BCUT2D eigenvalue weighted by Gasteiger charge is -2.09. The van der Waals surface area contributed by atoms with Crippen LogP contribution < -0.4 is 5.73 Å². The van der Waals surface area contributed by atoms with E-state index < -0.39 is 0 Å². The first kappa shape index (κ1) is 13.1. The molecule has 0 fully saturated rings. The molecule has 0 unspecified atom stereocenters. The summed E-state index contributed by atoms with van der Waals surface area (Å²) in [5, 5.41) is 11.9. The van der Waals surface area contributed by atoms with Crippen molar-refractivity contribution in [2.75, 3.05) is 0 Å². The van der Waals surface area contributed by atoms with Crippen LogP contribution in [-0.2, 0) is 0 Å². The van der Waals surface area contributed by atoms with Crippen LogP contribution in [0.15, 0.2) is 41.9 Å². The minimum Gasteiger partial charge on any atom is -0.409 e. The largest absolute Gasteiger partial charge is 0.409 e. The van der Waals surface area contributed by atoms with Crippen molar-refractivity contribution >= 4 is 16.9 Å². The van der Waals surface area contributed by atoms with Gasteiger partial charge in [-0.05, 0) is 49.2 Å². The summed E-state index contributed by atoms with van der Waals surface area (Å²) in [7, 11) is 0. The van der Waals surface area contributed by atoms with Gasteiger partial charge >= 0.3 is 0 Å². The standard InChI is InChI=1S/C15H15N5O/c1-9-6-11-13(7-10(9)2)20(8-18-11)12-4-3-5-17-14(12)15(16)19-21/h3-8,21H,1-2H3,(H2,16,19). The van der Waals surface area contributed by atoms with E-state index in [1.165, 1.54) is 11.1 Å². The molecule has 0 bridgehead atoms. The molecule has 106 valence electrons. The van der Waals surface area contributed by atoms with Crippen molar-refractivity contribution in [1.29, 1.82) is 0 Å². The van der Waals surface area contributed by atoms with Crippen molar-refractivity contribution in [2.45, 2.75) is 13.8 Å². The maximum atomic E-state index is 8.90. The van der Waals surface area contributed by atoms with Crippen LogP contribution >= 0.6 is 0 Å². The van der Waals surface area contributed by atoms with Crippen LogP contribution in [0, 0.1) is 13.8 Å². The Balaban J connectivity index is 2.29. The van der Waals surface area contributed by atoms with Gasteiger partial charge in [0.05, 0.1) is 16.7 Å². The molecule has 0 saturated heterocycles. The van der Waals surface area contributed by atoms with Crippen molar-refractivity contribution in [1.82, 2.24) is 14.5 Å². The van der Waals surface area contributed by atoms with Gasteiger partial charge in [-0.25, -0.2) is 4.98 Å². The molecule has 2 aromatic heterocycles. The number of hydrogen-bond donors (Lipinski definition) is 2. The predicted molar refractivity (Wildman–Crippen MR) is 80.8 cm³/mol. The SMILES string of the molecule is Cc1cc2ncn(-c3cccnc3/C(N)=N/O)c2cc1C. The molecule has 0 amide bonds. The normalized spacial score (nSPS) is 12.0. The Bertz CT molecular complexity index is 850. The Hall–Kier alpha value is -2.89. The van der Waals surface area contributed by atoms with Gasteiger partial charge in [0.1, 0.15) is 12.0 Å². The molecule has 6 nitrogen and oxygen atoms in total. The number of benzene rings is 1. The Morgan fingerprint density at radius 1 is 1.24 bits per heavy atom. The molecule has 6 heteroatoms. The zero-order valence-corrected chi connectivity index (χ0v) is 11.8. The van der Waals surface area contributed by atoms with E-state index in [2.05, 4.69) is 35.0 Å². The predicted octanol–water partition coefficient (Wildman–Crippen LogP) is 2.13. The smallest absolute Gasteiger partial charge is 0.190 e. The number of pyridine rings is 1. The number of aryl methyl sites for hydroxylation is 2. The molecule has 0 spiro atoms. The van der Waals surface area contributed by atoms with Crippen LogP contribution in [0.5, 0.6) is 0 Å². The summed E-state index contributed by atoms with van der Waals surface area (Å²) in [5.41, 5.74) is 11.1. The van der Waals surface area contributed by atoms with Gasteiger partial charge < -0.3 is 10.9 Å². The molecule has 3 N–H and O–H groups in total. The Labute approximate surface area is 121 Å². The fourth-order valence-electron chi connectivity index (χ4n) is 2.29. The summed E-state index contributed by atoms with van der Waals surface area (Å²) >= 11 is 0. The number of amidine groups is 1. The molecule has 1 aromatic carbocycles. The quantitative estimate of drug-likeness (QED) is 0.326. The molecule has 3 aromatic rings. The zero-order chi connectivity index (χ0) is 15.0. The van der Waals surface area contributed by atoms with Gasteiger partial charge in [0.25, 0.3) is 0 Å². The number of imidazole rings is 1. The minimum absolute atomic E-state index is 0.0312. The molecule has 0 radical (unpaired) electrons. The maximum Gasteiger partial charge on any atom is 0.190 e. The number of nitrogens with zero attached hydrogens (tertiary/aromatic N) is 4. The van der Waals surface area contributed by atoms with Gasteiger partial charge in [-0.3, -0.25) is 9.55 Å². The van der Waals surface area contributed by atoms with E-state index in [0.29, 0.717) is 5.69 Å². The molecule has 0 atom stereocenters. The van der Waals surface area contributed by atoms with Gasteiger partial charge in [-0.2, -0.15) is 0 Å². The van der Waals surface area contributed by atoms with Crippen LogP contribution in [0.3, 0.4) is 0 Å². The van der Waals surface area contributed by atoms with Crippen LogP contribution in [0.2, 0.25) is 0 Å². The number of oxime groups is 1. The van der Waals surface area contributed by atoms with Crippen LogP contribution in [0.1, 0.15) is 16.8 Å². The van der Waals surface area contributed by atoms with E-state index in [1.54, 1.807) is 18.6 Å². The van der Waals surface area contributed by atoms with Crippen LogP contribution in [0.4, 0.5) is 0 Å². The van der Waals surface area contributed by atoms with Gasteiger partial charge in [0.2, 0.25) is 0 Å². The highest BCUT2D eigenvalue weighted by Crippen LogP contribution is 2.23. The fraction of sp³-hybridized carbons (Fsp3) is 0.133. The third-order valence-corrected chi connectivity index (χ3v) is 3.56. The summed E-state index contributed by atoms with van der Waals surface area (Å²) in [6.45, 7) is 4.11. The number of nitrogens with two attached hydrogens (primary N) is 1. The Morgan fingerprint density at radius 2 is 2.00 bits per heavy atom. The third kappa shape index (κ3) is 2.10. The maximum absolute atomic E-state index is 8.90. The first-order chi connectivity index (χ1) is 10.1. The van der Waals surface area contributed by atoms with E-state index in [0.717, 1.165) is 16.7 Å². The molecule has 3 rings (SSSR count). The fourth-order valence-corrected chi connectivity index (χ4v) is 2.29. The molecule has 0 aliphatic rings. The number of hydrogen-bond acceptors (Lipinski definition) is 4. The lowest BCUT2D eigenvalue weighted by Crippen LogP contribution is -2.18. The number of fused-ring (bicyclic) bond motifs is 1. The zero-order valence-electron chi connectivity index (χ0n) is 11.8. The van der Waals surface area contributed by atoms with E-state index in [9.17, 15) is 0 Å². The van der Waals surface area contributed by atoms with E-state index in [1.807, 2.05) is 16.7 Å². The molecule has 0 aliphatic carbocycles. The monoisotopic (exact) mass is 281 g/mol. The average Bonchev–Trinajstić information content (AvgIpc) is 2.89. The van der Waals surface area contributed by atoms with E-state index in [4.69, 9.17) is 10.9 Å². The first-order valence-electron chi connectivity index (χ1n) is 6.49.